The largest absolute Gasteiger partial charge is 0.490 e. The molecule has 2 aromatic rings. The number of carbonyl (C=O) groups excluding carboxylic acids is 1. The summed E-state index contributed by atoms with van der Waals surface area (Å²) in [7, 11) is 0. The van der Waals surface area contributed by atoms with Gasteiger partial charge in [-0.2, -0.15) is 13.2 Å². The van der Waals surface area contributed by atoms with Crippen molar-refractivity contribution in [3.63, 3.8) is 0 Å². The highest BCUT2D eigenvalue weighted by atomic mass is 19.4. The van der Waals surface area contributed by atoms with E-state index in [4.69, 9.17) is 9.47 Å². The fourth-order valence-corrected chi connectivity index (χ4v) is 5.04. The van der Waals surface area contributed by atoms with E-state index in [2.05, 4.69) is 4.98 Å². The molecular formula is C30H35F5N2O3. The molecule has 2 saturated carbocycles. The molecule has 0 unspecified atom stereocenters. The second-order valence-electron chi connectivity index (χ2n) is 12.4. The molecule has 5 rings (SSSR count). The normalized spacial score (nSPS) is 19.9. The minimum atomic E-state index is -4.45. The summed E-state index contributed by atoms with van der Waals surface area (Å²) in [5, 5.41) is 0. The number of alkyl halides is 4. The van der Waals surface area contributed by atoms with Gasteiger partial charge in [-0.05, 0) is 89.0 Å². The van der Waals surface area contributed by atoms with Crippen LogP contribution in [0.2, 0.25) is 0 Å². The van der Waals surface area contributed by atoms with E-state index in [9.17, 15) is 22.4 Å². The zero-order chi connectivity index (χ0) is 28.9. The van der Waals surface area contributed by atoms with Crippen molar-refractivity contribution in [3.05, 3.63) is 58.2 Å². The van der Waals surface area contributed by atoms with Crippen LogP contribution in [0.5, 0.6) is 5.75 Å². The van der Waals surface area contributed by atoms with E-state index in [1.807, 2.05) is 4.90 Å². The van der Waals surface area contributed by atoms with Crippen LogP contribution < -0.4 is 4.74 Å². The van der Waals surface area contributed by atoms with E-state index in [0.29, 0.717) is 30.0 Å². The van der Waals surface area contributed by atoms with Gasteiger partial charge in [0.1, 0.15) is 29.4 Å². The minimum absolute atomic E-state index is 0.0848. The Morgan fingerprint density at radius 2 is 1.68 bits per heavy atom. The second kappa shape index (κ2) is 10.6. The lowest BCUT2D eigenvalue weighted by atomic mass is 9.94. The second-order valence-corrected chi connectivity index (χ2v) is 12.4. The molecule has 1 aromatic heterocycles. The van der Waals surface area contributed by atoms with Crippen molar-refractivity contribution in [3.8, 4) is 5.75 Å². The van der Waals surface area contributed by atoms with Crippen molar-refractivity contribution in [1.29, 1.82) is 0 Å². The van der Waals surface area contributed by atoms with Crippen LogP contribution in [0.25, 0.3) is 0 Å². The Labute approximate surface area is 231 Å². The smallest absolute Gasteiger partial charge is 0.416 e. The van der Waals surface area contributed by atoms with Crippen molar-refractivity contribution in [2.75, 3.05) is 19.7 Å². The summed E-state index contributed by atoms with van der Waals surface area (Å²) in [6, 6.07) is 4.82. The third-order valence-electron chi connectivity index (χ3n) is 7.58. The first-order chi connectivity index (χ1) is 18.7. The number of esters is 1. The number of hydrogen-bond donors (Lipinski definition) is 0. The number of pyridine rings is 1. The van der Waals surface area contributed by atoms with Gasteiger partial charge < -0.3 is 9.47 Å². The molecule has 5 nitrogen and oxygen atoms in total. The Morgan fingerprint density at radius 3 is 2.25 bits per heavy atom. The first kappa shape index (κ1) is 28.8. The summed E-state index contributed by atoms with van der Waals surface area (Å²) in [5.41, 5.74) is -1.81. The number of ether oxygens (including phenoxy) is 2. The molecule has 218 valence electrons. The van der Waals surface area contributed by atoms with Crippen LogP contribution in [-0.4, -0.2) is 46.8 Å². The van der Waals surface area contributed by atoms with E-state index < -0.39 is 34.8 Å². The zero-order valence-electron chi connectivity index (χ0n) is 23.0. The molecule has 1 aliphatic heterocycles. The maximum Gasteiger partial charge on any atom is 0.416 e. The zero-order valence-corrected chi connectivity index (χ0v) is 23.0. The number of piperidine rings is 1. The first-order valence-corrected chi connectivity index (χ1v) is 13.9. The summed E-state index contributed by atoms with van der Waals surface area (Å²) in [6.07, 6.45) is -0.763. The maximum atomic E-state index is 15.7. The van der Waals surface area contributed by atoms with Gasteiger partial charge in [-0.25, -0.2) is 13.6 Å². The number of halogens is 5. The molecule has 0 radical (unpaired) electrons. The average Bonchev–Trinajstić information content (AvgIpc) is 3.76. The molecule has 2 heterocycles. The lowest BCUT2D eigenvalue weighted by Gasteiger charge is -2.36. The van der Waals surface area contributed by atoms with Gasteiger partial charge in [0.05, 0.1) is 16.8 Å². The lowest BCUT2D eigenvalue weighted by molar-refractivity contribution is -0.137. The summed E-state index contributed by atoms with van der Waals surface area (Å²) >= 11 is 0. The molecule has 1 saturated heterocycles. The Morgan fingerprint density at radius 1 is 1.02 bits per heavy atom. The number of aromatic nitrogens is 1. The predicted molar refractivity (Wildman–Crippen MR) is 139 cm³/mol. The van der Waals surface area contributed by atoms with E-state index in [0.717, 1.165) is 43.9 Å². The standard InChI is InChI=1S/C30H35F5N2O3/c1-28(2,3)40-27(38)23-14-22(18-4-5-18)26(15-24(23)31)39-17-29(32)8-10-37(11-9-29)16-21-12-20(30(33,34)35)13-25(36-21)19-6-7-19/h12-15,18-19H,4-11,16-17H2,1-3H3. The van der Waals surface area contributed by atoms with Crippen LogP contribution in [-0.2, 0) is 17.5 Å². The van der Waals surface area contributed by atoms with Gasteiger partial charge in [0.2, 0.25) is 0 Å². The first-order valence-electron chi connectivity index (χ1n) is 13.9. The Kier molecular flexibility index (Phi) is 7.61. The Hall–Kier alpha value is -2.75. The SMILES string of the molecule is CC(C)(C)OC(=O)c1cc(C2CC2)c(OCC2(F)CCN(Cc3cc(C(F)(F)F)cc(C4CC4)n3)CC2)cc1F. The third-order valence-corrected chi connectivity index (χ3v) is 7.58. The number of likely N-dealkylation sites (tertiary alicyclic amines) is 1. The summed E-state index contributed by atoms with van der Waals surface area (Å²) < 4.78 is 82.0. The summed E-state index contributed by atoms with van der Waals surface area (Å²) in [6.45, 7) is 5.71. The van der Waals surface area contributed by atoms with Gasteiger partial charge >= 0.3 is 12.1 Å². The molecular weight excluding hydrogens is 531 g/mol. The molecule has 3 fully saturated rings. The molecule has 1 aromatic carbocycles. The van der Waals surface area contributed by atoms with E-state index in [1.165, 1.54) is 6.07 Å². The average molecular weight is 567 g/mol. The van der Waals surface area contributed by atoms with Crippen LogP contribution in [0.15, 0.2) is 24.3 Å². The van der Waals surface area contributed by atoms with E-state index >= 15 is 4.39 Å². The van der Waals surface area contributed by atoms with Gasteiger partial charge in [0.25, 0.3) is 0 Å². The van der Waals surface area contributed by atoms with Crippen molar-refractivity contribution in [1.82, 2.24) is 9.88 Å². The molecule has 0 atom stereocenters. The highest BCUT2D eigenvalue weighted by molar-refractivity contribution is 5.90. The van der Waals surface area contributed by atoms with Crippen LogP contribution in [0.4, 0.5) is 22.0 Å². The fraction of sp³-hybridized carbons (Fsp3) is 0.600. The highest BCUT2D eigenvalue weighted by Crippen LogP contribution is 2.46. The molecule has 40 heavy (non-hydrogen) atoms. The number of benzene rings is 1. The maximum absolute atomic E-state index is 15.7. The Bertz CT molecular complexity index is 1260. The monoisotopic (exact) mass is 566 g/mol. The molecule has 0 bridgehead atoms. The molecule has 10 heteroatoms. The van der Waals surface area contributed by atoms with Crippen molar-refractivity contribution in [2.24, 2.45) is 0 Å². The summed E-state index contributed by atoms with van der Waals surface area (Å²) in [4.78, 5) is 18.9. The predicted octanol–water partition coefficient (Wildman–Crippen LogP) is 7.33. The number of carbonyl (C=O) groups is 1. The van der Waals surface area contributed by atoms with Crippen LogP contribution in [0.1, 0.15) is 104 Å². The topological polar surface area (TPSA) is 51.7 Å². The van der Waals surface area contributed by atoms with E-state index in [1.54, 1.807) is 20.8 Å². The molecule has 3 aliphatic rings. The minimum Gasteiger partial charge on any atom is -0.490 e. The van der Waals surface area contributed by atoms with Gasteiger partial charge in [0, 0.05) is 37.3 Å². The quantitative estimate of drug-likeness (QED) is 0.247. The molecule has 0 N–H and O–H groups in total. The molecule has 2 aliphatic carbocycles. The molecule has 0 spiro atoms. The van der Waals surface area contributed by atoms with E-state index in [-0.39, 0.29) is 49.1 Å². The lowest BCUT2D eigenvalue weighted by Crippen LogP contribution is -2.44. The van der Waals surface area contributed by atoms with Gasteiger partial charge in [-0.15, -0.1) is 0 Å². The van der Waals surface area contributed by atoms with Gasteiger partial charge in [-0.1, -0.05) is 0 Å². The Balaban J connectivity index is 1.22. The fourth-order valence-electron chi connectivity index (χ4n) is 5.04. The van der Waals surface area contributed by atoms with Crippen LogP contribution in [0, 0.1) is 5.82 Å². The summed E-state index contributed by atoms with van der Waals surface area (Å²) in [5.74, 6) is -1.10. The van der Waals surface area contributed by atoms with Crippen LogP contribution >= 0.6 is 0 Å². The van der Waals surface area contributed by atoms with Gasteiger partial charge in [-0.3, -0.25) is 9.88 Å². The van der Waals surface area contributed by atoms with Gasteiger partial charge in [0.15, 0.2) is 0 Å². The number of rotatable bonds is 8. The molecule has 0 amide bonds. The van der Waals surface area contributed by atoms with Crippen molar-refractivity contribution >= 4 is 5.97 Å². The third kappa shape index (κ3) is 7.11. The van der Waals surface area contributed by atoms with Crippen LogP contribution in [0.3, 0.4) is 0 Å². The highest BCUT2D eigenvalue weighted by Gasteiger charge is 2.38. The van der Waals surface area contributed by atoms with Crippen molar-refractivity contribution in [2.45, 2.75) is 95.1 Å². The number of nitrogens with zero attached hydrogens (tertiary/aromatic N) is 2. The van der Waals surface area contributed by atoms with Crippen molar-refractivity contribution < 1.29 is 36.2 Å². The number of hydrogen-bond acceptors (Lipinski definition) is 5.